The average Bonchev–Trinajstić information content (AvgIpc) is 2.47. The van der Waals surface area contributed by atoms with E-state index in [9.17, 15) is 9.18 Å². The lowest BCUT2D eigenvalue weighted by Crippen LogP contribution is -2.15. The lowest BCUT2D eigenvalue weighted by Gasteiger charge is -2.23. The molecule has 0 fully saturated rings. The summed E-state index contributed by atoms with van der Waals surface area (Å²) in [4.78, 5) is 12.4. The van der Waals surface area contributed by atoms with Crippen molar-refractivity contribution in [1.29, 1.82) is 0 Å². The molecule has 0 aliphatic heterocycles. The van der Waals surface area contributed by atoms with Crippen LogP contribution in [-0.4, -0.2) is 5.78 Å². The number of hydrogen-bond donors (Lipinski definition) is 0. The molecule has 2 aromatic carbocycles. The van der Waals surface area contributed by atoms with E-state index in [1.54, 1.807) is 12.1 Å². The van der Waals surface area contributed by atoms with Crippen LogP contribution in [0.15, 0.2) is 42.5 Å². The van der Waals surface area contributed by atoms with Crippen molar-refractivity contribution in [2.75, 3.05) is 0 Å². The van der Waals surface area contributed by atoms with E-state index in [0.717, 1.165) is 12.0 Å². The maximum Gasteiger partial charge on any atom is 0.197 e. The summed E-state index contributed by atoms with van der Waals surface area (Å²) in [5, 5.41) is 0.137. The first kappa shape index (κ1) is 15.7. The molecular weight excluding hydrogens is 287 g/mol. The van der Waals surface area contributed by atoms with E-state index in [0.29, 0.717) is 5.56 Å². The van der Waals surface area contributed by atoms with Crippen LogP contribution in [-0.2, 0) is 5.41 Å². The predicted octanol–water partition coefficient (Wildman–Crippen LogP) is 5.40. The van der Waals surface area contributed by atoms with E-state index < -0.39 is 5.82 Å². The highest BCUT2D eigenvalue weighted by Crippen LogP contribution is 2.28. The molecule has 0 bridgehead atoms. The van der Waals surface area contributed by atoms with E-state index in [-0.39, 0.29) is 21.8 Å². The molecule has 0 heterocycles. The van der Waals surface area contributed by atoms with Crippen molar-refractivity contribution < 1.29 is 9.18 Å². The Morgan fingerprint density at radius 3 is 2.29 bits per heavy atom. The molecule has 0 N–H and O–H groups in total. The smallest absolute Gasteiger partial charge is 0.197 e. The van der Waals surface area contributed by atoms with Crippen molar-refractivity contribution >= 4 is 17.4 Å². The number of hydrogen-bond acceptors (Lipinski definition) is 1. The molecule has 1 nitrogen and oxygen atoms in total. The highest BCUT2D eigenvalue weighted by Gasteiger charge is 2.20. The molecule has 2 rings (SSSR count). The summed E-state index contributed by atoms with van der Waals surface area (Å²) >= 11 is 5.94. The summed E-state index contributed by atoms with van der Waals surface area (Å²) in [6, 6.07) is 11.6. The monoisotopic (exact) mass is 304 g/mol. The molecule has 0 spiro atoms. The molecule has 0 aliphatic rings. The van der Waals surface area contributed by atoms with Crippen molar-refractivity contribution in [3.05, 3.63) is 70.0 Å². The van der Waals surface area contributed by atoms with Crippen molar-refractivity contribution in [2.24, 2.45) is 0 Å². The van der Waals surface area contributed by atoms with Crippen LogP contribution in [0, 0.1) is 5.82 Å². The molecule has 0 saturated carbocycles. The molecule has 0 atom stereocenters. The topological polar surface area (TPSA) is 17.1 Å². The average molecular weight is 305 g/mol. The van der Waals surface area contributed by atoms with Crippen LogP contribution < -0.4 is 0 Å². The van der Waals surface area contributed by atoms with Gasteiger partial charge in [0.25, 0.3) is 0 Å². The first-order chi connectivity index (χ1) is 9.86. The van der Waals surface area contributed by atoms with Crippen molar-refractivity contribution in [3.63, 3.8) is 0 Å². The number of carbonyl (C=O) groups is 1. The molecule has 0 amide bonds. The second-order valence-corrected chi connectivity index (χ2v) is 6.15. The van der Waals surface area contributed by atoms with Gasteiger partial charge in [0.15, 0.2) is 5.78 Å². The van der Waals surface area contributed by atoms with E-state index in [1.807, 2.05) is 12.1 Å². The van der Waals surface area contributed by atoms with Crippen LogP contribution in [0.1, 0.15) is 48.7 Å². The van der Waals surface area contributed by atoms with Gasteiger partial charge in [-0.25, -0.2) is 4.39 Å². The van der Waals surface area contributed by atoms with Gasteiger partial charge in [-0.1, -0.05) is 62.7 Å². The van der Waals surface area contributed by atoms with Crippen molar-refractivity contribution in [1.82, 2.24) is 0 Å². The third-order valence-corrected chi connectivity index (χ3v) is 4.32. The maximum atomic E-state index is 13.8. The molecule has 0 radical (unpaired) electrons. The first-order valence-corrected chi connectivity index (χ1v) is 7.34. The summed E-state index contributed by atoms with van der Waals surface area (Å²) in [6.07, 6.45) is 0.999. The Hall–Kier alpha value is -1.67. The Balaban J connectivity index is 2.37. The molecule has 0 saturated heterocycles. The normalized spacial score (nSPS) is 11.5. The van der Waals surface area contributed by atoms with Gasteiger partial charge in [-0.15, -0.1) is 0 Å². The van der Waals surface area contributed by atoms with Gasteiger partial charge in [-0.05, 0) is 29.5 Å². The quantitative estimate of drug-likeness (QED) is 0.691. The zero-order valence-electron chi connectivity index (χ0n) is 12.4. The van der Waals surface area contributed by atoms with Crippen LogP contribution in [0.2, 0.25) is 5.02 Å². The lowest BCUT2D eigenvalue weighted by molar-refractivity contribution is 0.103. The number of halogens is 2. The minimum atomic E-state index is -0.592. The largest absolute Gasteiger partial charge is 0.288 e. The summed E-state index contributed by atoms with van der Waals surface area (Å²) in [6.45, 7) is 6.42. The predicted molar refractivity (Wildman–Crippen MR) is 84.6 cm³/mol. The summed E-state index contributed by atoms with van der Waals surface area (Å²) in [7, 11) is 0. The molecule has 110 valence electrons. The van der Waals surface area contributed by atoms with Gasteiger partial charge in [0.1, 0.15) is 5.82 Å². The zero-order chi connectivity index (χ0) is 15.6. The van der Waals surface area contributed by atoms with Gasteiger partial charge in [-0.3, -0.25) is 4.79 Å². The Morgan fingerprint density at radius 2 is 1.76 bits per heavy atom. The third kappa shape index (κ3) is 3.16. The SMILES string of the molecule is CCC(C)(C)c1ccc(C(=O)c2c(F)cccc2Cl)cc1. The minimum Gasteiger partial charge on any atom is -0.288 e. The van der Waals surface area contributed by atoms with Crippen LogP contribution in [0.25, 0.3) is 0 Å². The number of ketones is 1. The van der Waals surface area contributed by atoms with Crippen molar-refractivity contribution in [2.45, 2.75) is 32.6 Å². The number of carbonyl (C=O) groups excluding carboxylic acids is 1. The lowest BCUT2D eigenvalue weighted by atomic mass is 9.82. The Morgan fingerprint density at radius 1 is 1.14 bits per heavy atom. The van der Waals surface area contributed by atoms with Gasteiger partial charge in [0.05, 0.1) is 10.6 Å². The minimum absolute atomic E-state index is 0.0528. The van der Waals surface area contributed by atoms with Crippen LogP contribution in [0.4, 0.5) is 4.39 Å². The fourth-order valence-electron chi connectivity index (χ4n) is 2.14. The maximum absolute atomic E-state index is 13.8. The van der Waals surface area contributed by atoms with Gasteiger partial charge in [0.2, 0.25) is 0 Å². The summed E-state index contributed by atoms with van der Waals surface area (Å²) in [5.41, 5.74) is 1.58. The van der Waals surface area contributed by atoms with Gasteiger partial charge in [-0.2, -0.15) is 0 Å². The highest BCUT2D eigenvalue weighted by molar-refractivity contribution is 6.35. The Labute approximate surface area is 129 Å². The van der Waals surface area contributed by atoms with E-state index >= 15 is 0 Å². The molecule has 2 aromatic rings. The highest BCUT2D eigenvalue weighted by atomic mass is 35.5. The first-order valence-electron chi connectivity index (χ1n) is 6.96. The van der Waals surface area contributed by atoms with E-state index in [2.05, 4.69) is 20.8 Å². The van der Waals surface area contributed by atoms with Gasteiger partial charge in [0, 0.05) is 5.56 Å². The summed E-state index contributed by atoms with van der Waals surface area (Å²) in [5.74, 6) is -0.982. The molecule has 3 heteroatoms. The van der Waals surface area contributed by atoms with E-state index in [4.69, 9.17) is 11.6 Å². The van der Waals surface area contributed by atoms with E-state index in [1.165, 1.54) is 18.2 Å². The van der Waals surface area contributed by atoms with Crippen LogP contribution >= 0.6 is 11.6 Å². The summed E-state index contributed by atoms with van der Waals surface area (Å²) < 4.78 is 13.8. The molecule has 0 aromatic heterocycles. The molecule has 0 aliphatic carbocycles. The standard InChI is InChI=1S/C18H18ClFO/c1-4-18(2,3)13-10-8-12(9-11-13)17(21)16-14(19)6-5-7-15(16)20/h5-11H,4H2,1-3H3. The molecule has 21 heavy (non-hydrogen) atoms. The fraction of sp³-hybridized carbons (Fsp3) is 0.278. The molecular formula is C18H18ClFO. The van der Waals surface area contributed by atoms with Gasteiger partial charge < -0.3 is 0 Å². The second kappa shape index (κ2) is 5.98. The number of benzene rings is 2. The van der Waals surface area contributed by atoms with Crippen LogP contribution in [0.5, 0.6) is 0 Å². The van der Waals surface area contributed by atoms with Crippen molar-refractivity contribution in [3.8, 4) is 0 Å². The molecule has 0 unspecified atom stereocenters. The van der Waals surface area contributed by atoms with Crippen LogP contribution in [0.3, 0.4) is 0 Å². The number of rotatable bonds is 4. The second-order valence-electron chi connectivity index (χ2n) is 5.74. The fourth-order valence-corrected chi connectivity index (χ4v) is 2.38. The Kier molecular flexibility index (Phi) is 4.48. The van der Waals surface area contributed by atoms with Gasteiger partial charge >= 0.3 is 0 Å². The Bertz CT molecular complexity index is 639. The third-order valence-electron chi connectivity index (χ3n) is 4.00. The zero-order valence-corrected chi connectivity index (χ0v) is 13.2.